The van der Waals surface area contributed by atoms with Crippen molar-refractivity contribution in [2.75, 3.05) is 5.32 Å². The highest BCUT2D eigenvalue weighted by atomic mass is 16.4. The molecule has 0 amide bonds. The molecule has 0 bridgehead atoms. The fourth-order valence-corrected chi connectivity index (χ4v) is 2.27. The Labute approximate surface area is 130 Å². The summed E-state index contributed by atoms with van der Waals surface area (Å²) in [6.07, 6.45) is 2.73. The third-order valence-corrected chi connectivity index (χ3v) is 3.39. The number of imidazole rings is 1. The van der Waals surface area contributed by atoms with Crippen LogP contribution in [-0.2, 0) is 11.3 Å². The lowest BCUT2D eigenvalue weighted by molar-refractivity contribution is -0.137. The van der Waals surface area contributed by atoms with Crippen molar-refractivity contribution in [3.63, 3.8) is 0 Å². The Morgan fingerprint density at radius 3 is 2.96 bits per heavy atom. The van der Waals surface area contributed by atoms with Gasteiger partial charge in [-0.05, 0) is 19.1 Å². The maximum absolute atomic E-state index is 12.2. The van der Waals surface area contributed by atoms with E-state index in [4.69, 9.17) is 5.11 Å². The van der Waals surface area contributed by atoms with Gasteiger partial charge in [0.1, 0.15) is 12.4 Å². The summed E-state index contributed by atoms with van der Waals surface area (Å²) in [5.41, 5.74) is 1.25. The number of hydrogen-bond acceptors (Lipinski definition) is 5. The van der Waals surface area contributed by atoms with Crippen LogP contribution in [0.4, 0.5) is 5.82 Å². The van der Waals surface area contributed by atoms with E-state index < -0.39 is 18.1 Å². The van der Waals surface area contributed by atoms with Crippen molar-refractivity contribution in [1.29, 1.82) is 0 Å². The third kappa shape index (κ3) is 3.05. The molecule has 23 heavy (non-hydrogen) atoms. The molecule has 1 atom stereocenters. The molecule has 0 fully saturated rings. The molecular weight excluding hydrogens is 298 g/mol. The van der Waals surface area contributed by atoms with Gasteiger partial charge in [0.05, 0.1) is 17.1 Å². The van der Waals surface area contributed by atoms with Gasteiger partial charge < -0.3 is 15.4 Å². The molecule has 0 saturated carbocycles. The second-order valence-corrected chi connectivity index (χ2v) is 5.11. The van der Waals surface area contributed by atoms with Crippen LogP contribution in [0.5, 0.6) is 0 Å². The van der Waals surface area contributed by atoms with E-state index in [1.165, 1.54) is 12.4 Å². The zero-order valence-corrected chi connectivity index (χ0v) is 12.4. The molecule has 1 aromatic carbocycles. The van der Waals surface area contributed by atoms with E-state index in [1.54, 1.807) is 0 Å². The molecule has 0 spiro atoms. The van der Waals surface area contributed by atoms with Crippen molar-refractivity contribution in [2.24, 2.45) is 0 Å². The normalized spacial score (nSPS) is 12.2. The van der Waals surface area contributed by atoms with E-state index in [0.29, 0.717) is 5.82 Å². The van der Waals surface area contributed by atoms with Crippen LogP contribution < -0.4 is 10.9 Å². The van der Waals surface area contributed by atoms with Crippen molar-refractivity contribution in [3.05, 3.63) is 52.8 Å². The number of H-pyrrole nitrogens is 1. The number of carboxylic acids is 1. The number of nitrogens with zero attached hydrogens (tertiary/aromatic N) is 3. The SMILES string of the molecule is CC(Nc1nccn(CC(=O)O)c1=O)c1nc2ccccc2[nH]1. The predicted molar refractivity (Wildman–Crippen MR) is 84.3 cm³/mol. The third-order valence-electron chi connectivity index (χ3n) is 3.39. The van der Waals surface area contributed by atoms with Gasteiger partial charge in [0.15, 0.2) is 5.82 Å². The van der Waals surface area contributed by atoms with Crippen molar-refractivity contribution in [1.82, 2.24) is 19.5 Å². The summed E-state index contributed by atoms with van der Waals surface area (Å²) in [6, 6.07) is 7.32. The van der Waals surface area contributed by atoms with Crippen molar-refractivity contribution in [2.45, 2.75) is 19.5 Å². The number of carboxylic acid groups (broad SMARTS) is 1. The molecule has 2 aromatic heterocycles. The minimum Gasteiger partial charge on any atom is -0.480 e. The molecule has 0 aliphatic carbocycles. The number of fused-ring (bicyclic) bond motifs is 1. The molecule has 3 N–H and O–H groups in total. The number of carbonyl (C=O) groups is 1. The van der Waals surface area contributed by atoms with Gasteiger partial charge in [-0.3, -0.25) is 14.2 Å². The number of rotatable bonds is 5. The first-order chi connectivity index (χ1) is 11.0. The van der Waals surface area contributed by atoms with Gasteiger partial charge in [-0.1, -0.05) is 12.1 Å². The first-order valence-corrected chi connectivity index (χ1v) is 7.03. The summed E-state index contributed by atoms with van der Waals surface area (Å²) in [7, 11) is 0. The Balaban J connectivity index is 1.86. The molecule has 8 nitrogen and oxygen atoms in total. The van der Waals surface area contributed by atoms with Crippen LogP contribution in [0.3, 0.4) is 0 Å². The van der Waals surface area contributed by atoms with Gasteiger partial charge in [-0.25, -0.2) is 9.97 Å². The first-order valence-electron chi connectivity index (χ1n) is 7.03. The van der Waals surface area contributed by atoms with Gasteiger partial charge in [-0.15, -0.1) is 0 Å². The average Bonchev–Trinajstić information content (AvgIpc) is 2.95. The molecule has 8 heteroatoms. The minimum absolute atomic E-state index is 0.0849. The Hall–Kier alpha value is -3.16. The van der Waals surface area contributed by atoms with Crippen LogP contribution in [0, 0.1) is 0 Å². The fraction of sp³-hybridized carbons (Fsp3) is 0.200. The molecule has 3 aromatic rings. The van der Waals surface area contributed by atoms with Gasteiger partial charge in [0.2, 0.25) is 0 Å². The summed E-state index contributed by atoms with van der Waals surface area (Å²) in [6.45, 7) is 1.43. The van der Waals surface area contributed by atoms with Crippen LogP contribution in [-0.4, -0.2) is 30.6 Å². The Bertz CT molecular complexity index is 882. The van der Waals surface area contributed by atoms with Crippen LogP contribution in [0.2, 0.25) is 0 Å². The number of hydrogen-bond donors (Lipinski definition) is 3. The summed E-state index contributed by atoms with van der Waals surface area (Å²) in [4.78, 5) is 34.6. The summed E-state index contributed by atoms with van der Waals surface area (Å²) >= 11 is 0. The zero-order valence-electron chi connectivity index (χ0n) is 12.4. The maximum atomic E-state index is 12.2. The summed E-state index contributed by atoms with van der Waals surface area (Å²) in [5.74, 6) is -0.336. The van der Waals surface area contributed by atoms with Gasteiger partial charge in [-0.2, -0.15) is 0 Å². The zero-order chi connectivity index (χ0) is 16.4. The highest BCUT2D eigenvalue weighted by Gasteiger charge is 2.14. The lowest BCUT2D eigenvalue weighted by atomic mass is 10.3. The number of aromatic amines is 1. The Morgan fingerprint density at radius 2 is 2.22 bits per heavy atom. The average molecular weight is 313 g/mol. The van der Waals surface area contributed by atoms with Gasteiger partial charge in [0, 0.05) is 12.4 Å². The van der Waals surface area contributed by atoms with Crippen molar-refractivity contribution >= 4 is 22.8 Å². The quantitative estimate of drug-likeness (QED) is 0.656. The van der Waals surface area contributed by atoms with Crippen LogP contribution in [0.1, 0.15) is 18.8 Å². The second kappa shape index (κ2) is 5.91. The predicted octanol–water partition coefficient (Wildman–Crippen LogP) is 1.38. The Kier molecular flexibility index (Phi) is 3.80. The monoisotopic (exact) mass is 313 g/mol. The minimum atomic E-state index is -1.09. The number of para-hydroxylation sites is 2. The molecule has 1 unspecified atom stereocenters. The number of aromatic nitrogens is 4. The number of anilines is 1. The highest BCUT2D eigenvalue weighted by molar-refractivity contribution is 5.74. The number of nitrogens with one attached hydrogen (secondary N) is 2. The summed E-state index contributed by atoms with van der Waals surface area (Å²) < 4.78 is 1.09. The molecule has 0 saturated heterocycles. The standard InChI is InChI=1S/C15H15N5O3/c1-9(13-18-10-4-2-3-5-11(10)19-13)17-14-15(23)20(7-6-16-14)8-12(21)22/h2-7,9H,8H2,1H3,(H,16,17)(H,18,19)(H,21,22). The lowest BCUT2D eigenvalue weighted by Crippen LogP contribution is -2.28. The second-order valence-electron chi connectivity index (χ2n) is 5.11. The van der Waals surface area contributed by atoms with E-state index in [1.807, 2.05) is 31.2 Å². The molecule has 0 aliphatic rings. The molecule has 0 radical (unpaired) electrons. The van der Waals surface area contributed by atoms with Crippen LogP contribution in [0.25, 0.3) is 11.0 Å². The van der Waals surface area contributed by atoms with Crippen LogP contribution >= 0.6 is 0 Å². The van der Waals surface area contributed by atoms with Gasteiger partial charge in [0.25, 0.3) is 5.56 Å². The largest absolute Gasteiger partial charge is 0.480 e. The van der Waals surface area contributed by atoms with E-state index in [9.17, 15) is 9.59 Å². The van der Waals surface area contributed by atoms with Gasteiger partial charge >= 0.3 is 5.97 Å². The molecule has 0 aliphatic heterocycles. The molecule has 118 valence electrons. The molecule has 3 rings (SSSR count). The molecular formula is C15H15N5O3. The smallest absolute Gasteiger partial charge is 0.323 e. The topological polar surface area (TPSA) is 113 Å². The van der Waals surface area contributed by atoms with Crippen molar-refractivity contribution < 1.29 is 9.90 Å². The van der Waals surface area contributed by atoms with Crippen LogP contribution in [0.15, 0.2) is 41.5 Å². The first kappa shape index (κ1) is 14.8. The lowest BCUT2D eigenvalue weighted by Gasteiger charge is -2.12. The number of benzene rings is 1. The summed E-state index contributed by atoms with van der Waals surface area (Å²) in [5, 5.41) is 11.8. The fourth-order valence-electron chi connectivity index (χ4n) is 2.27. The molecule has 2 heterocycles. The number of aliphatic carboxylic acids is 1. The van der Waals surface area contributed by atoms with Crippen molar-refractivity contribution in [3.8, 4) is 0 Å². The van der Waals surface area contributed by atoms with E-state index in [-0.39, 0.29) is 11.9 Å². The Morgan fingerprint density at radius 1 is 1.43 bits per heavy atom. The van der Waals surface area contributed by atoms with E-state index in [2.05, 4.69) is 20.3 Å². The van der Waals surface area contributed by atoms with E-state index >= 15 is 0 Å². The maximum Gasteiger partial charge on any atom is 0.323 e. The van der Waals surface area contributed by atoms with E-state index in [0.717, 1.165) is 15.6 Å². The highest BCUT2D eigenvalue weighted by Crippen LogP contribution is 2.17.